The highest BCUT2D eigenvalue weighted by Crippen LogP contribution is 2.26. The molecule has 0 saturated carbocycles. The summed E-state index contributed by atoms with van der Waals surface area (Å²) >= 11 is 14.6. The Morgan fingerprint density at radius 3 is 1.69 bits per heavy atom. The summed E-state index contributed by atoms with van der Waals surface area (Å²) in [5, 5.41) is 35.0. The van der Waals surface area contributed by atoms with Crippen LogP contribution in [-0.2, 0) is 13.1 Å². The van der Waals surface area contributed by atoms with Gasteiger partial charge < -0.3 is 20.4 Å². The second-order valence-corrected chi connectivity index (χ2v) is 17.2. The highest BCUT2D eigenvalue weighted by Gasteiger charge is 2.27. The van der Waals surface area contributed by atoms with E-state index in [1.165, 1.54) is 46.9 Å². The molecule has 2 aliphatic rings. The van der Waals surface area contributed by atoms with Gasteiger partial charge in [0.05, 0.1) is 44.2 Å². The number of anilines is 4. The molecule has 0 bridgehead atoms. The second kappa shape index (κ2) is 21.0. The molecule has 9 rings (SSSR count). The fourth-order valence-electron chi connectivity index (χ4n) is 7.09. The average molecular weight is 957 g/mol. The number of halogens is 4. The fraction of sp³-hybridized carbons (Fsp3) is 0.238. The van der Waals surface area contributed by atoms with Crippen LogP contribution in [0, 0.1) is 23.0 Å². The van der Waals surface area contributed by atoms with E-state index in [0.717, 1.165) is 22.1 Å². The lowest BCUT2D eigenvalue weighted by Crippen LogP contribution is -2.48. The number of hydrogen-bond acceptors (Lipinski definition) is 16. The zero-order valence-corrected chi connectivity index (χ0v) is 37.3. The smallest absolute Gasteiger partial charge is 0.256 e. The van der Waals surface area contributed by atoms with Gasteiger partial charge >= 0.3 is 0 Å². The standard InChI is InChI=1S/C21H19ClFN9OS.C21H18ClFN6OS/c22-16-3-1-2-15(18(16)23)20(33)32-7-5-31(6-8-32)12-14-10-13(19-27-29-30-28-19)11-17(25-14)26-21-24-4-9-34-21;22-17-3-1-2-16(19(17)23)20(30)29-7-5-28(6-8-29)13-15-10-14(12-24)11-18(26-15)27-21-25-4-9-31-21/h1-4,9-11H,5-8,12H2,(H,24,25,26)(H,27,28,29,30);1-4,9-11H,5-8,13H2,(H,25,26,27). The molecule has 0 atom stereocenters. The molecule has 0 radical (unpaired) electrons. The van der Waals surface area contributed by atoms with Gasteiger partial charge in [-0.3, -0.25) is 19.4 Å². The highest BCUT2D eigenvalue weighted by molar-refractivity contribution is 7.13. The van der Waals surface area contributed by atoms with E-state index >= 15 is 0 Å². The van der Waals surface area contributed by atoms with E-state index in [9.17, 15) is 23.6 Å². The van der Waals surface area contributed by atoms with Crippen molar-refractivity contribution in [2.24, 2.45) is 0 Å². The largest absolute Gasteiger partial charge is 0.336 e. The van der Waals surface area contributed by atoms with Gasteiger partial charge in [-0.2, -0.15) is 10.5 Å². The van der Waals surface area contributed by atoms with Gasteiger partial charge in [-0.05, 0) is 53.7 Å². The van der Waals surface area contributed by atoms with Gasteiger partial charge in [-0.15, -0.1) is 32.9 Å². The Balaban J connectivity index is 0.000000178. The molecule has 0 spiro atoms. The van der Waals surface area contributed by atoms with Gasteiger partial charge in [0.25, 0.3) is 11.8 Å². The van der Waals surface area contributed by atoms with E-state index in [1.807, 2.05) is 22.9 Å². The van der Waals surface area contributed by atoms with Crippen LogP contribution in [0.2, 0.25) is 10.0 Å². The third kappa shape index (κ3) is 11.4. The number of piperazine rings is 2. The first-order chi connectivity index (χ1) is 31.6. The van der Waals surface area contributed by atoms with E-state index in [1.54, 1.807) is 46.5 Å². The van der Waals surface area contributed by atoms with Crippen LogP contribution in [0.4, 0.5) is 30.7 Å². The third-order valence-electron chi connectivity index (χ3n) is 10.3. The van der Waals surface area contributed by atoms with Crippen molar-refractivity contribution in [1.82, 2.24) is 60.2 Å². The molecule has 7 heterocycles. The van der Waals surface area contributed by atoms with Gasteiger partial charge in [0.2, 0.25) is 5.82 Å². The number of H-pyrrole nitrogens is 1. The number of nitrogens with zero attached hydrogens (tertiary/aromatic N) is 12. The van der Waals surface area contributed by atoms with Crippen LogP contribution in [-0.4, -0.2) is 124 Å². The quantitative estimate of drug-likeness (QED) is 0.118. The SMILES string of the molecule is N#Cc1cc(CN2CCN(C(=O)c3cccc(Cl)c3F)CC2)nc(Nc2nccs2)c1.O=C(c1cccc(Cl)c1F)N1CCN(Cc2cc(-c3nn[nH]n3)cc(Nc3nccs3)n2)CC1. The zero-order chi connectivity index (χ0) is 45.3. The van der Waals surface area contributed by atoms with Crippen LogP contribution < -0.4 is 10.6 Å². The van der Waals surface area contributed by atoms with Crippen molar-refractivity contribution < 1.29 is 18.4 Å². The number of carbonyl (C=O) groups is 2. The van der Waals surface area contributed by atoms with Crippen LogP contribution >= 0.6 is 45.9 Å². The summed E-state index contributed by atoms with van der Waals surface area (Å²) in [6.45, 7) is 5.44. The van der Waals surface area contributed by atoms with Gasteiger partial charge in [-0.25, -0.2) is 28.7 Å². The summed E-state index contributed by atoms with van der Waals surface area (Å²) in [6, 6.07) is 18.3. The molecular weight excluding hydrogens is 920 g/mol. The summed E-state index contributed by atoms with van der Waals surface area (Å²) in [6.07, 6.45) is 3.41. The maximum atomic E-state index is 14.3. The average Bonchev–Trinajstić information content (AvgIpc) is 4.15. The van der Waals surface area contributed by atoms with Crippen LogP contribution in [0.1, 0.15) is 37.7 Å². The topological polar surface area (TPSA) is 201 Å². The van der Waals surface area contributed by atoms with Crippen LogP contribution in [0.15, 0.2) is 83.8 Å². The summed E-state index contributed by atoms with van der Waals surface area (Å²) in [7, 11) is 0. The van der Waals surface area contributed by atoms with Crippen molar-refractivity contribution in [3.63, 3.8) is 0 Å². The number of pyridine rings is 2. The summed E-state index contributed by atoms with van der Waals surface area (Å²) in [5.74, 6) is -0.434. The molecule has 2 saturated heterocycles. The first-order valence-electron chi connectivity index (χ1n) is 20.0. The van der Waals surface area contributed by atoms with Crippen molar-refractivity contribution in [3.8, 4) is 17.5 Å². The Bertz CT molecular complexity index is 2780. The number of nitrogens with one attached hydrogen (secondary N) is 3. The predicted molar refractivity (Wildman–Crippen MR) is 242 cm³/mol. The normalized spacial score (nSPS) is 14.3. The van der Waals surface area contributed by atoms with Crippen molar-refractivity contribution >= 4 is 79.6 Å². The Hall–Kier alpha value is -6.54. The van der Waals surface area contributed by atoms with Gasteiger partial charge in [0.15, 0.2) is 21.9 Å². The van der Waals surface area contributed by atoms with Crippen molar-refractivity contribution in [2.75, 3.05) is 63.0 Å². The summed E-state index contributed by atoms with van der Waals surface area (Å²) < 4.78 is 28.5. The molecule has 2 aromatic carbocycles. The van der Waals surface area contributed by atoms with E-state index < -0.39 is 11.6 Å². The molecule has 2 amide bonds. The van der Waals surface area contributed by atoms with E-state index in [-0.39, 0.29) is 33.0 Å². The number of carbonyl (C=O) groups excluding carboxylic acids is 2. The van der Waals surface area contributed by atoms with Crippen LogP contribution in [0.3, 0.4) is 0 Å². The molecule has 3 N–H and O–H groups in total. The highest BCUT2D eigenvalue weighted by atomic mass is 35.5. The van der Waals surface area contributed by atoms with E-state index in [4.69, 9.17) is 28.2 Å². The van der Waals surface area contributed by atoms with Gasteiger partial charge in [0, 0.05) is 94.2 Å². The minimum absolute atomic E-state index is 0.00617. The first kappa shape index (κ1) is 45.0. The number of aromatic amines is 1. The molecule has 65 heavy (non-hydrogen) atoms. The van der Waals surface area contributed by atoms with Gasteiger partial charge in [-0.1, -0.05) is 35.3 Å². The molecule has 0 aliphatic carbocycles. The summed E-state index contributed by atoms with van der Waals surface area (Å²) in [5.41, 5.74) is 2.81. The number of amides is 2. The molecule has 332 valence electrons. The number of thiazole rings is 2. The van der Waals surface area contributed by atoms with Crippen LogP contribution in [0.5, 0.6) is 0 Å². The molecule has 23 heteroatoms. The number of benzene rings is 2. The Morgan fingerprint density at radius 2 is 1.23 bits per heavy atom. The van der Waals surface area contributed by atoms with E-state index in [0.29, 0.717) is 93.6 Å². The molecule has 7 aromatic rings. The van der Waals surface area contributed by atoms with Crippen LogP contribution in [0.25, 0.3) is 11.4 Å². The first-order valence-corrected chi connectivity index (χ1v) is 22.5. The van der Waals surface area contributed by atoms with Crippen molar-refractivity contribution in [3.05, 3.63) is 134 Å². The molecule has 0 unspecified atom stereocenters. The Morgan fingerprint density at radius 1 is 0.723 bits per heavy atom. The second-order valence-electron chi connectivity index (χ2n) is 14.6. The molecule has 2 aliphatic heterocycles. The minimum atomic E-state index is -0.686. The van der Waals surface area contributed by atoms with Crippen molar-refractivity contribution in [2.45, 2.75) is 13.1 Å². The zero-order valence-electron chi connectivity index (χ0n) is 34.2. The molecule has 17 nitrogen and oxygen atoms in total. The maximum absolute atomic E-state index is 14.3. The number of nitriles is 1. The Labute approximate surface area is 388 Å². The lowest BCUT2D eigenvalue weighted by molar-refractivity contribution is 0.0615. The number of tetrazole rings is 1. The predicted octanol–water partition coefficient (Wildman–Crippen LogP) is 7.12. The van der Waals surface area contributed by atoms with Gasteiger partial charge in [0.1, 0.15) is 11.6 Å². The monoisotopic (exact) mass is 955 g/mol. The number of rotatable bonds is 11. The maximum Gasteiger partial charge on any atom is 0.256 e. The lowest BCUT2D eigenvalue weighted by Gasteiger charge is -2.34. The fourth-order valence-corrected chi connectivity index (χ4v) is 8.51. The Kier molecular flexibility index (Phi) is 14.5. The summed E-state index contributed by atoms with van der Waals surface area (Å²) in [4.78, 5) is 50.8. The van der Waals surface area contributed by atoms with Crippen molar-refractivity contribution in [1.29, 1.82) is 5.26 Å². The molecule has 5 aromatic heterocycles. The van der Waals surface area contributed by atoms with E-state index in [2.05, 4.69) is 62.1 Å². The lowest BCUT2D eigenvalue weighted by atomic mass is 10.1. The number of hydrogen-bond donors (Lipinski definition) is 3. The third-order valence-corrected chi connectivity index (χ3v) is 12.2. The minimum Gasteiger partial charge on any atom is -0.336 e. The molecule has 2 fully saturated rings. The molecular formula is C42H37Cl2F2N15O2S2. The number of aromatic nitrogens is 8.